The summed E-state index contributed by atoms with van der Waals surface area (Å²) in [4.78, 5) is 14.6. The molecule has 1 fully saturated rings. The zero-order chi connectivity index (χ0) is 12.6. The average Bonchev–Trinajstić information content (AvgIpc) is 2.61. The van der Waals surface area contributed by atoms with Crippen LogP contribution in [0.25, 0.3) is 0 Å². The molecule has 1 aromatic rings. The van der Waals surface area contributed by atoms with Crippen LogP contribution in [0.1, 0.15) is 5.56 Å². The smallest absolute Gasteiger partial charge is 0.320 e. The van der Waals surface area contributed by atoms with Gasteiger partial charge in [-0.15, -0.1) is 0 Å². The predicted molar refractivity (Wildman–Crippen MR) is 62.5 cm³/mol. The van der Waals surface area contributed by atoms with Gasteiger partial charge in [0.05, 0.1) is 11.0 Å². The Morgan fingerprint density at radius 2 is 2.06 bits per heavy atom. The summed E-state index contributed by atoms with van der Waals surface area (Å²) in [5, 5.41) is 0. The van der Waals surface area contributed by atoms with Crippen LogP contribution in [-0.4, -0.2) is 36.0 Å². The number of likely N-dealkylation sites (N-methyl/N-ethyl adjacent to an activating group) is 1. The molecular weight excluding hydrogens is 294 g/mol. The van der Waals surface area contributed by atoms with E-state index < -0.39 is 11.6 Å². The van der Waals surface area contributed by atoms with Crippen LogP contribution >= 0.6 is 15.9 Å². The Morgan fingerprint density at radius 3 is 2.65 bits per heavy atom. The molecule has 0 spiro atoms. The van der Waals surface area contributed by atoms with Crippen LogP contribution in [0, 0.1) is 11.6 Å². The number of benzene rings is 1. The zero-order valence-electron chi connectivity index (χ0n) is 9.21. The van der Waals surface area contributed by atoms with E-state index in [1.165, 1.54) is 21.9 Å². The second kappa shape index (κ2) is 4.60. The maximum absolute atomic E-state index is 13.7. The van der Waals surface area contributed by atoms with E-state index in [-0.39, 0.29) is 22.6 Å². The number of carbonyl (C=O) groups is 1. The molecule has 17 heavy (non-hydrogen) atoms. The molecule has 0 N–H and O–H groups in total. The van der Waals surface area contributed by atoms with Crippen molar-refractivity contribution in [1.29, 1.82) is 0 Å². The number of rotatable bonds is 2. The van der Waals surface area contributed by atoms with Crippen molar-refractivity contribution in [3.8, 4) is 0 Å². The molecule has 2 amide bonds. The molecule has 0 unspecified atom stereocenters. The van der Waals surface area contributed by atoms with Gasteiger partial charge in [0, 0.05) is 25.7 Å². The van der Waals surface area contributed by atoms with Gasteiger partial charge >= 0.3 is 6.03 Å². The predicted octanol–water partition coefficient (Wildman–Crippen LogP) is 2.59. The maximum Gasteiger partial charge on any atom is 0.320 e. The number of nitrogens with zero attached hydrogens (tertiary/aromatic N) is 2. The minimum atomic E-state index is -0.646. The van der Waals surface area contributed by atoms with Gasteiger partial charge in [0.15, 0.2) is 0 Å². The van der Waals surface area contributed by atoms with Crippen LogP contribution in [0.15, 0.2) is 16.6 Å². The number of halogens is 3. The molecule has 0 aliphatic carbocycles. The van der Waals surface area contributed by atoms with E-state index in [0.29, 0.717) is 13.1 Å². The Hall–Kier alpha value is -1.17. The van der Waals surface area contributed by atoms with Gasteiger partial charge in [-0.1, -0.05) is 0 Å². The molecule has 6 heteroatoms. The third kappa shape index (κ3) is 2.26. The lowest BCUT2D eigenvalue weighted by molar-refractivity contribution is 0.196. The molecule has 2 rings (SSSR count). The van der Waals surface area contributed by atoms with Gasteiger partial charge in [-0.25, -0.2) is 13.6 Å². The summed E-state index contributed by atoms with van der Waals surface area (Å²) in [7, 11) is 1.66. The molecule has 0 saturated carbocycles. The van der Waals surface area contributed by atoms with Gasteiger partial charge in [0.2, 0.25) is 0 Å². The molecule has 92 valence electrons. The average molecular weight is 305 g/mol. The van der Waals surface area contributed by atoms with Gasteiger partial charge in [-0.2, -0.15) is 0 Å². The van der Waals surface area contributed by atoms with E-state index in [2.05, 4.69) is 15.9 Å². The highest BCUT2D eigenvalue weighted by Gasteiger charge is 2.27. The lowest BCUT2D eigenvalue weighted by atomic mass is 10.2. The zero-order valence-corrected chi connectivity index (χ0v) is 10.8. The Kier molecular flexibility index (Phi) is 3.33. The second-order valence-corrected chi connectivity index (χ2v) is 4.80. The molecule has 1 aromatic carbocycles. The van der Waals surface area contributed by atoms with Crippen LogP contribution < -0.4 is 0 Å². The minimum absolute atomic E-state index is 0.0414. The quantitative estimate of drug-likeness (QED) is 0.771. The van der Waals surface area contributed by atoms with Gasteiger partial charge in [-0.3, -0.25) is 0 Å². The van der Waals surface area contributed by atoms with Crippen molar-refractivity contribution in [3.63, 3.8) is 0 Å². The monoisotopic (exact) mass is 304 g/mol. The van der Waals surface area contributed by atoms with Gasteiger partial charge in [0.25, 0.3) is 0 Å². The van der Waals surface area contributed by atoms with Crippen LogP contribution in [0.4, 0.5) is 13.6 Å². The fourth-order valence-corrected chi connectivity index (χ4v) is 2.13. The lowest BCUT2D eigenvalue weighted by Gasteiger charge is -2.17. The molecule has 0 bridgehead atoms. The normalized spacial score (nSPS) is 15.9. The van der Waals surface area contributed by atoms with E-state index in [9.17, 15) is 13.6 Å². The van der Waals surface area contributed by atoms with E-state index >= 15 is 0 Å². The summed E-state index contributed by atoms with van der Waals surface area (Å²) in [6, 6.07) is 2.29. The SMILES string of the molecule is CN1CCN(Cc2c(F)ccc(Br)c2F)C1=O. The number of hydrogen-bond acceptors (Lipinski definition) is 1. The van der Waals surface area contributed by atoms with E-state index in [1.54, 1.807) is 7.05 Å². The van der Waals surface area contributed by atoms with E-state index in [0.717, 1.165) is 0 Å². The topological polar surface area (TPSA) is 23.6 Å². The van der Waals surface area contributed by atoms with Crippen molar-refractivity contribution >= 4 is 22.0 Å². The van der Waals surface area contributed by atoms with Crippen LogP contribution in [0.5, 0.6) is 0 Å². The summed E-state index contributed by atoms with van der Waals surface area (Å²) in [6.45, 7) is 1.02. The van der Waals surface area contributed by atoms with Crippen molar-refractivity contribution in [2.45, 2.75) is 6.54 Å². The van der Waals surface area contributed by atoms with Crippen molar-refractivity contribution in [3.05, 3.63) is 33.8 Å². The first-order valence-electron chi connectivity index (χ1n) is 5.13. The van der Waals surface area contributed by atoms with Crippen molar-refractivity contribution in [2.75, 3.05) is 20.1 Å². The Morgan fingerprint density at radius 1 is 1.35 bits per heavy atom. The first-order valence-corrected chi connectivity index (χ1v) is 5.92. The molecule has 0 atom stereocenters. The first-order chi connectivity index (χ1) is 8.00. The summed E-state index contributed by atoms with van der Waals surface area (Å²) in [6.07, 6.45) is 0. The Balaban J connectivity index is 2.25. The fraction of sp³-hybridized carbons (Fsp3) is 0.364. The summed E-state index contributed by atoms with van der Waals surface area (Å²) >= 11 is 3.00. The molecule has 3 nitrogen and oxygen atoms in total. The van der Waals surface area contributed by atoms with Crippen molar-refractivity contribution in [2.24, 2.45) is 0 Å². The van der Waals surface area contributed by atoms with Gasteiger partial charge in [-0.05, 0) is 28.1 Å². The highest BCUT2D eigenvalue weighted by atomic mass is 79.9. The van der Waals surface area contributed by atoms with Crippen LogP contribution in [0.3, 0.4) is 0 Å². The Bertz CT molecular complexity index is 467. The number of amides is 2. The maximum atomic E-state index is 13.7. The van der Waals surface area contributed by atoms with E-state index in [1.807, 2.05) is 0 Å². The molecule has 1 aliphatic rings. The van der Waals surface area contributed by atoms with Crippen molar-refractivity contribution < 1.29 is 13.6 Å². The third-order valence-electron chi connectivity index (χ3n) is 2.79. The highest BCUT2D eigenvalue weighted by molar-refractivity contribution is 9.10. The number of hydrogen-bond donors (Lipinski definition) is 0. The summed E-state index contributed by atoms with van der Waals surface area (Å²) in [5.74, 6) is -1.28. The summed E-state index contributed by atoms with van der Waals surface area (Å²) < 4.78 is 27.4. The van der Waals surface area contributed by atoms with E-state index in [4.69, 9.17) is 0 Å². The molecule has 0 aromatic heterocycles. The minimum Gasteiger partial charge on any atom is -0.326 e. The molecule has 1 aliphatic heterocycles. The molecular formula is C11H11BrF2N2O. The number of urea groups is 1. The third-order valence-corrected chi connectivity index (χ3v) is 3.40. The largest absolute Gasteiger partial charge is 0.326 e. The molecule has 0 radical (unpaired) electrons. The van der Waals surface area contributed by atoms with Crippen molar-refractivity contribution in [1.82, 2.24) is 9.80 Å². The Labute approximate surface area is 106 Å². The fourth-order valence-electron chi connectivity index (χ4n) is 1.75. The van der Waals surface area contributed by atoms with Crippen LogP contribution in [0.2, 0.25) is 0 Å². The second-order valence-electron chi connectivity index (χ2n) is 3.95. The number of carbonyl (C=O) groups excluding carboxylic acids is 1. The van der Waals surface area contributed by atoms with Gasteiger partial charge in [0.1, 0.15) is 11.6 Å². The van der Waals surface area contributed by atoms with Crippen LogP contribution in [-0.2, 0) is 6.54 Å². The standard InChI is InChI=1S/C11H11BrF2N2O/c1-15-4-5-16(11(15)17)6-7-9(13)3-2-8(12)10(7)14/h2-3H,4-6H2,1H3. The molecule has 1 saturated heterocycles. The lowest BCUT2D eigenvalue weighted by Crippen LogP contribution is -2.29. The highest BCUT2D eigenvalue weighted by Crippen LogP contribution is 2.23. The summed E-state index contributed by atoms with van der Waals surface area (Å²) in [5.41, 5.74) is -0.0805. The first kappa shape index (κ1) is 12.3. The molecule has 1 heterocycles. The van der Waals surface area contributed by atoms with Gasteiger partial charge < -0.3 is 9.80 Å².